The van der Waals surface area contributed by atoms with Gasteiger partial charge in [0.25, 0.3) is 0 Å². The number of esters is 2. The van der Waals surface area contributed by atoms with E-state index in [0.717, 1.165) is 47.2 Å². The van der Waals surface area contributed by atoms with Gasteiger partial charge in [0, 0.05) is 46.9 Å². The molecule has 2 atom stereocenters. The molecule has 0 radical (unpaired) electrons. The lowest BCUT2D eigenvalue weighted by Gasteiger charge is -2.22. The zero-order valence-corrected chi connectivity index (χ0v) is 44.5. The molecule has 8 nitrogen and oxygen atoms in total. The van der Waals surface area contributed by atoms with Gasteiger partial charge in [0.2, 0.25) is 0 Å². The zero-order valence-electron chi connectivity index (χ0n) is 44.5. The van der Waals surface area contributed by atoms with E-state index in [1.165, 1.54) is 192 Å². The lowest BCUT2D eigenvalue weighted by atomic mass is 10.0. The third kappa shape index (κ3) is 27.7. The van der Waals surface area contributed by atoms with Gasteiger partial charge in [0.1, 0.15) is 24.7 Å². The minimum Gasteiger partial charge on any atom is -0.488 e. The van der Waals surface area contributed by atoms with E-state index in [2.05, 4.69) is 27.0 Å². The monoisotopic (exact) mass is 971 g/mol. The quantitative estimate of drug-likeness (QED) is 0.0239. The Hall–Kier alpha value is -3.88. The van der Waals surface area contributed by atoms with Gasteiger partial charge in [-0.2, -0.15) is 0 Å². The topological polar surface area (TPSA) is 89.5 Å². The molecule has 0 aliphatic rings. The lowest BCUT2D eigenvalue weighted by molar-refractivity contribution is -0.148. The number of carbonyl (C=O) groups is 2. The fraction of sp³-hybridized carbons (Fsp3) is 0.677. The molecule has 0 aromatic heterocycles. The molecule has 394 valence electrons. The molecule has 0 N–H and O–H groups in total. The molecule has 0 aliphatic heterocycles. The van der Waals surface area contributed by atoms with Crippen LogP contribution in [0.4, 0.5) is 0 Å². The highest BCUT2D eigenvalue weighted by Crippen LogP contribution is 2.43. The molecule has 0 fully saturated rings. The Morgan fingerprint density at radius 1 is 0.386 bits per heavy atom. The number of ether oxygens (including phenoxy) is 6. The Labute approximate surface area is 426 Å². The maximum absolute atomic E-state index is 12.4. The Balaban J connectivity index is 1.43. The molecule has 2 unspecified atom stereocenters. The smallest absolute Gasteiger partial charge is 0.330 e. The average molecular weight is 971 g/mol. The predicted octanol–water partition coefficient (Wildman–Crippen LogP) is 17.5. The Morgan fingerprint density at radius 2 is 0.629 bits per heavy atom. The van der Waals surface area contributed by atoms with Gasteiger partial charge >= 0.3 is 11.9 Å². The predicted molar refractivity (Wildman–Crippen MR) is 293 cm³/mol. The Bertz CT molecular complexity index is 1600. The molecule has 3 aromatic carbocycles. The SMILES string of the molecule is C=CC(=O)OC(COCCCCCCCCCCCCCCCCCC)COc1c2ccccc2c(OCC(COCCCCCCCCCCCCCCCCCC)OC(=O)C=C)c2ccccc12. The first kappa shape index (κ1) is 60.4. The molecule has 0 spiro atoms. The fourth-order valence-corrected chi connectivity index (χ4v) is 9.30. The van der Waals surface area contributed by atoms with Crippen molar-refractivity contribution in [2.24, 2.45) is 0 Å². The van der Waals surface area contributed by atoms with Gasteiger partial charge in [-0.1, -0.05) is 268 Å². The van der Waals surface area contributed by atoms with Crippen molar-refractivity contribution in [3.8, 4) is 11.5 Å². The summed E-state index contributed by atoms with van der Waals surface area (Å²) >= 11 is 0. The van der Waals surface area contributed by atoms with Crippen LogP contribution in [0.2, 0.25) is 0 Å². The van der Waals surface area contributed by atoms with Gasteiger partial charge in [0.15, 0.2) is 12.2 Å². The fourth-order valence-electron chi connectivity index (χ4n) is 9.30. The molecule has 0 bridgehead atoms. The molecule has 3 rings (SSSR count). The summed E-state index contributed by atoms with van der Waals surface area (Å²) in [6, 6.07) is 15.9. The third-order valence-electron chi connectivity index (χ3n) is 13.5. The Morgan fingerprint density at radius 3 is 0.871 bits per heavy atom. The van der Waals surface area contributed by atoms with Gasteiger partial charge in [0.05, 0.1) is 13.2 Å². The molecule has 70 heavy (non-hydrogen) atoms. The number of carbonyl (C=O) groups excluding carboxylic acids is 2. The summed E-state index contributed by atoms with van der Waals surface area (Å²) < 4.78 is 36.7. The van der Waals surface area contributed by atoms with Gasteiger partial charge < -0.3 is 28.4 Å². The van der Waals surface area contributed by atoms with E-state index in [9.17, 15) is 9.59 Å². The average Bonchev–Trinajstić information content (AvgIpc) is 3.38. The van der Waals surface area contributed by atoms with Crippen LogP contribution in [-0.4, -0.2) is 63.8 Å². The molecule has 0 amide bonds. The van der Waals surface area contributed by atoms with E-state index in [-0.39, 0.29) is 26.4 Å². The van der Waals surface area contributed by atoms with Crippen LogP contribution in [0.5, 0.6) is 11.5 Å². The van der Waals surface area contributed by atoms with Crippen molar-refractivity contribution >= 4 is 33.5 Å². The van der Waals surface area contributed by atoms with Crippen LogP contribution in [0, 0.1) is 0 Å². The van der Waals surface area contributed by atoms with E-state index in [0.29, 0.717) is 24.7 Å². The molecular weight excluding hydrogens is 873 g/mol. The first-order valence-electron chi connectivity index (χ1n) is 28.5. The van der Waals surface area contributed by atoms with E-state index in [4.69, 9.17) is 28.4 Å². The van der Waals surface area contributed by atoms with Crippen LogP contribution in [0.1, 0.15) is 219 Å². The molecule has 8 heteroatoms. The summed E-state index contributed by atoms with van der Waals surface area (Å²) in [6.07, 6.45) is 43.3. The van der Waals surface area contributed by atoms with E-state index >= 15 is 0 Å². The summed E-state index contributed by atoms with van der Waals surface area (Å²) in [7, 11) is 0. The normalized spacial score (nSPS) is 12.3. The van der Waals surface area contributed by atoms with Gasteiger partial charge in [-0.25, -0.2) is 9.59 Å². The molecule has 0 aliphatic carbocycles. The van der Waals surface area contributed by atoms with Crippen molar-refractivity contribution in [1.82, 2.24) is 0 Å². The third-order valence-corrected chi connectivity index (χ3v) is 13.5. The summed E-state index contributed by atoms with van der Waals surface area (Å²) in [6.45, 7) is 13.6. The van der Waals surface area contributed by atoms with Crippen LogP contribution in [0.25, 0.3) is 21.5 Å². The van der Waals surface area contributed by atoms with Crippen molar-refractivity contribution in [3.05, 3.63) is 73.8 Å². The lowest BCUT2D eigenvalue weighted by Crippen LogP contribution is -2.30. The number of fused-ring (bicyclic) bond motifs is 2. The van der Waals surface area contributed by atoms with Crippen LogP contribution in [0.3, 0.4) is 0 Å². The minimum absolute atomic E-state index is 0.100. The number of hydrogen-bond donors (Lipinski definition) is 0. The van der Waals surface area contributed by atoms with Crippen molar-refractivity contribution in [1.29, 1.82) is 0 Å². The maximum Gasteiger partial charge on any atom is 0.330 e. The Kier molecular flexibility index (Phi) is 36.0. The summed E-state index contributed by atoms with van der Waals surface area (Å²) in [5.74, 6) is 0.290. The number of hydrogen-bond acceptors (Lipinski definition) is 8. The van der Waals surface area contributed by atoms with E-state index in [1.807, 2.05) is 48.5 Å². The van der Waals surface area contributed by atoms with Crippen molar-refractivity contribution in [2.75, 3.05) is 39.6 Å². The largest absolute Gasteiger partial charge is 0.488 e. The van der Waals surface area contributed by atoms with E-state index < -0.39 is 24.1 Å². The molecule has 0 saturated heterocycles. The van der Waals surface area contributed by atoms with Crippen molar-refractivity contribution < 1.29 is 38.0 Å². The van der Waals surface area contributed by atoms with Crippen molar-refractivity contribution in [2.45, 2.75) is 232 Å². The van der Waals surface area contributed by atoms with Crippen LogP contribution in [0.15, 0.2) is 73.8 Å². The van der Waals surface area contributed by atoms with E-state index in [1.54, 1.807) is 0 Å². The standard InChI is InChI=1S/C62H98O8/c1-5-9-11-13-15-17-19-21-23-25-27-29-31-33-35-41-47-65-49-53(69-59(63)7-3)51-67-61-55-43-37-39-45-57(55)62(58-46-40-38-44-56(58)61)68-52-54(70-60(64)8-4)50-66-48-42-36-34-32-30-28-26-24-22-20-18-16-14-12-10-6-2/h7-8,37-40,43-46,53-54H,3-6,9-36,41-42,47-52H2,1-2H3. The molecular formula is C62H98O8. The highest BCUT2D eigenvalue weighted by atomic mass is 16.6. The maximum atomic E-state index is 12.4. The first-order valence-corrected chi connectivity index (χ1v) is 28.5. The van der Waals surface area contributed by atoms with Gasteiger partial charge in [-0.3, -0.25) is 0 Å². The van der Waals surface area contributed by atoms with Crippen LogP contribution < -0.4 is 9.47 Å². The second-order valence-electron chi connectivity index (χ2n) is 19.7. The number of benzene rings is 3. The summed E-state index contributed by atoms with van der Waals surface area (Å²) in [4.78, 5) is 24.8. The first-order chi connectivity index (χ1) is 34.5. The second kappa shape index (κ2) is 41.7. The van der Waals surface area contributed by atoms with Crippen molar-refractivity contribution in [3.63, 3.8) is 0 Å². The zero-order chi connectivity index (χ0) is 50.0. The van der Waals surface area contributed by atoms with Crippen LogP contribution in [-0.2, 0) is 28.5 Å². The summed E-state index contributed by atoms with van der Waals surface area (Å²) in [5.41, 5.74) is 0. The number of unbranched alkanes of at least 4 members (excludes halogenated alkanes) is 30. The minimum atomic E-state index is -0.625. The highest BCUT2D eigenvalue weighted by molar-refractivity contribution is 6.11. The molecule has 3 aromatic rings. The number of rotatable bonds is 48. The molecule has 0 saturated carbocycles. The van der Waals surface area contributed by atoms with Gasteiger partial charge in [-0.05, 0) is 12.8 Å². The highest BCUT2D eigenvalue weighted by Gasteiger charge is 2.22. The molecule has 0 heterocycles. The van der Waals surface area contributed by atoms with Crippen LogP contribution >= 0.6 is 0 Å². The summed E-state index contributed by atoms with van der Waals surface area (Å²) in [5, 5.41) is 3.38. The van der Waals surface area contributed by atoms with Gasteiger partial charge in [-0.15, -0.1) is 0 Å². The second-order valence-corrected chi connectivity index (χ2v) is 19.7.